The molecular formula is C25H24F3NO3. The molecule has 2 aromatic carbocycles. The molecule has 0 radical (unpaired) electrons. The Labute approximate surface area is 184 Å². The minimum absolute atomic E-state index is 0.114. The largest absolute Gasteiger partial charge is 0.496 e. The van der Waals surface area contributed by atoms with E-state index >= 15 is 0 Å². The molecule has 0 fully saturated rings. The zero-order valence-corrected chi connectivity index (χ0v) is 18.1. The summed E-state index contributed by atoms with van der Waals surface area (Å²) < 4.78 is 46.8. The Kier molecular flexibility index (Phi) is 5.39. The van der Waals surface area contributed by atoms with E-state index in [1.165, 1.54) is 25.3 Å². The molecule has 1 unspecified atom stereocenters. The lowest BCUT2D eigenvalue weighted by Gasteiger charge is -2.43. The SMILES string of the molecule is COc1ccccc1C1CC(=O)N(c2ccccc2C(F)(F)F)C2=C1C(=O)CC(C)(C)C2. The highest BCUT2D eigenvalue weighted by atomic mass is 19.4. The lowest BCUT2D eigenvalue weighted by Crippen LogP contribution is -2.44. The molecule has 4 rings (SSSR count). The van der Waals surface area contributed by atoms with E-state index in [1.807, 2.05) is 13.8 Å². The number of nitrogens with zero attached hydrogens (tertiary/aromatic N) is 1. The van der Waals surface area contributed by atoms with Crippen molar-refractivity contribution in [3.8, 4) is 5.75 Å². The van der Waals surface area contributed by atoms with Crippen LogP contribution in [0.15, 0.2) is 59.8 Å². The number of Topliss-reactive ketones (excluding diaryl/α,β-unsaturated/α-hetero) is 1. The summed E-state index contributed by atoms with van der Waals surface area (Å²) in [5.74, 6) is -0.638. The van der Waals surface area contributed by atoms with Gasteiger partial charge in [-0.2, -0.15) is 13.2 Å². The van der Waals surface area contributed by atoms with Gasteiger partial charge in [0.2, 0.25) is 5.91 Å². The highest BCUT2D eigenvalue weighted by Gasteiger charge is 2.46. The number of halogens is 3. The molecule has 1 amide bonds. The van der Waals surface area contributed by atoms with Crippen LogP contribution in [0, 0.1) is 5.41 Å². The maximum atomic E-state index is 13.8. The van der Waals surface area contributed by atoms with Gasteiger partial charge in [-0.3, -0.25) is 14.5 Å². The van der Waals surface area contributed by atoms with Crippen molar-refractivity contribution in [3.05, 3.63) is 70.9 Å². The fourth-order valence-corrected chi connectivity index (χ4v) is 4.82. The number of amides is 1. The van der Waals surface area contributed by atoms with Gasteiger partial charge in [0, 0.05) is 35.6 Å². The molecule has 4 nitrogen and oxygen atoms in total. The molecule has 0 saturated carbocycles. The lowest BCUT2D eigenvalue weighted by molar-refractivity contribution is -0.137. The molecule has 0 spiro atoms. The Bertz CT molecular complexity index is 1120. The summed E-state index contributed by atoms with van der Waals surface area (Å²) in [6.45, 7) is 3.78. The van der Waals surface area contributed by atoms with Gasteiger partial charge in [0.1, 0.15) is 5.75 Å². The molecule has 1 atom stereocenters. The maximum Gasteiger partial charge on any atom is 0.418 e. The number of methoxy groups -OCH3 is 1. The molecule has 2 aromatic rings. The van der Waals surface area contributed by atoms with Crippen molar-refractivity contribution in [1.82, 2.24) is 0 Å². The van der Waals surface area contributed by atoms with Gasteiger partial charge in [0.15, 0.2) is 5.78 Å². The number of para-hydroxylation sites is 2. The summed E-state index contributed by atoms with van der Waals surface area (Å²) in [7, 11) is 1.51. The molecular weight excluding hydrogens is 419 g/mol. The van der Waals surface area contributed by atoms with Crippen LogP contribution in [0.3, 0.4) is 0 Å². The number of hydrogen-bond acceptors (Lipinski definition) is 3. The number of carbonyl (C=O) groups excluding carboxylic acids is 2. The number of carbonyl (C=O) groups is 2. The summed E-state index contributed by atoms with van der Waals surface area (Å²) in [5.41, 5.74) is -0.161. The van der Waals surface area contributed by atoms with Crippen molar-refractivity contribution in [2.45, 2.75) is 45.2 Å². The Hall–Kier alpha value is -3.09. The van der Waals surface area contributed by atoms with Gasteiger partial charge < -0.3 is 4.74 Å². The van der Waals surface area contributed by atoms with E-state index in [0.717, 1.165) is 11.0 Å². The van der Waals surface area contributed by atoms with Crippen LogP contribution in [0.4, 0.5) is 18.9 Å². The molecule has 7 heteroatoms. The van der Waals surface area contributed by atoms with Crippen molar-refractivity contribution < 1.29 is 27.5 Å². The molecule has 0 N–H and O–H groups in total. The van der Waals surface area contributed by atoms with Crippen LogP contribution in [-0.4, -0.2) is 18.8 Å². The number of alkyl halides is 3. The summed E-state index contributed by atoms with van der Waals surface area (Å²) >= 11 is 0. The lowest BCUT2D eigenvalue weighted by atomic mass is 9.69. The predicted octanol–water partition coefficient (Wildman–Crippen LogP) is 5.88. The van der Waals surface area contributed by atoms with Gasteiger partial charge in [0.25, 0.3) is 0 Å². The highest BCUT2D eigenvalue weighted by molar-refractivity contribution is 6.08. The van der Waals surface area contributed by atoms with Crippen LogP contribution >= 0.6 is 0 Å². The number of benzene rings is 2. The minimum atomic E-state index is -4.63. The van der Waals surface area contributed by atoms with E-state index < -0.39 is 29.0 Å². The third-order valence-electron chi connectivity index (χ3n) is 6.11. The monoisotopic (exact) mass is 443 g/mol. The molecule has 1 aliphatic heterocycles. The van der Waals surface area contributed by atoms with E-state index in [0.29, 0.717) is 29.0 Å². The van der Waals surface area contributed by atoms with Crippen molar-refractivity contribution in [1.29, 1.82) is 0 Å². The van der Waals surface area contributed by atoms with Gasteiger partial charge in [-0.05, 0) is 30.0 Å². The van der Waals surface area contributed by atoms with Gasteiger partial charge in [-0.15, -0.1) is 0 Å². The second-order valence-corrected chi connectivity index (χ2v) is 9.04. The van der Waals surface area contributed by atoms with Crippen molar-refractivity contribution in [3.63, 3.8) is 0 Å². The highest BCUT2D eigenvalue weighted by Crippen LogP contribution is 2.50. The maximum absolute atomic E-state index is 13.8. The summed E-state index contributed by atoms with van der Waals surface area (Å²) in [5, 5.41) is 0. The smallest absolute Gasteiger partial charge is 0.418 e. The summed E-state index contributed by atoms with van der Waals surface area (Å²) in [4.78, 5) is 27.9. The topological polar surface area (TPSA) is 46.6 Å². The van der Waals surface area contributed by atoms with E-state index in [1.54, 1.807) is 24.3 Å². The predicted molar refractivity (Wildman–Crippen MR) is 114 cm³/mol. The molecule has 1 heterocycles. The number of ketones is 1. The van der Waals surface area contributed by atoms with Gasteiger partial charge in [-0.1, -0.05) is 44.2 Å². The van der Waals surface area contributed by atoms with Crippen molar-refractivity contribution in [2.24, 2.45) is 5.41 Å². The van der Waals surface area contributed by atoms with Crippen molar-refractivity contribution >= 4 is 17.4 Å². The standard InChI is InChI=1S/C25H24F3NO3/c1-24(2)13-19-23(20(30)14-24)16(15-8-4-7-11-21(15)32-3)12-22(31)29(19)18-10-6-5-9-17(18)25(26,27)28/h4-11,16H,12-14H2,1-3H3. The molecule has 0 aromatic heterocycles. The van der Waals surface area contributed by atoms with Crippen LogP contribution in [0.25, 0.3) is 0 Å². The van der Waals surface area contributed by atoms with E-state index in [4.69, 9.17) is 4.74 Å². The Morgan fingerprint density at radius 1 is 1.00 bits per heavy atom. The minimum Gasteiger partial charge on any atom is -0.496 e. The third kappa shape index (κ3) is 3.80. The first-order valence-electron chi connectivity index (χ1n) is 10.4. The van der Waals surface area contributed by atoms with Crippen LogP contribution in [-0.2, 0) is 15.8 Å². The second-order valence-electron chi connectivity index (χ2n) is 9.04. The number of ether oxygens (including phenoxy) is 1. The summed E-state index contributed by atoms with van der Waals surface area (Å²) in [6.07, 6.45) is -4.17. The van der Waals surface area contributed by atoms with Crippen molar-refractivity contribution in [2.75, 3.05) is 12.0 Å². The normalized spacial score (nSPS) is 20.9. The number of hydrogen-bond donors (Lipinski definition) is 0. The van der Waals surface area contributed by atoms with E-state index in [-0.39, 0.29) is 24.3 Å². The van der Waals surface area contributed by atoms with Crippen LogP contribution in [0.5, 0.6) is 5.75 Å². The third-order valence-corrected chi connectivity index (χ3v) is 6.11. The van der Waals surface area contributed by atoms with Crippen LogP contribution < -0.4 is 9.64 Å². The second kappa shape index (κ2) is 7.80. The van der Waals surface area contributed by atoms with Crippen LogP contribution in [0.1, 0.15) is 50.2 Å². The molecule has 1 aliphatic carbocycles. The van der Waals surface area contributed by atoms with Crippen LogP contribution in [0.2, 0.25) is 0 Å². The number of rotatable bonds is 3. The first kappa shape index (κ1) is 22.1. The summed E-state index contributed by atoms with van der Waals surface area (Å²) in [6, 6.07) is 12.2. The Morgan fingerprint density at radius 3 is 2.34 bits per heavy atom. The van der Waals surface area contributed by atoms with Gasteiger partial charge in [-0.25, -0.2) is 0 Å². The first-order valence-corrected chi connectivity index (χ1v) is 10.4. The molecule has 32 heavy (non-hydrogen) atoms. The zero-order chi connectivity index (χ0) is 23.3. The quantitative estimate of drug-likeness (QED) is 0.595. The average molecular weight is 443 g/mol. The zero-order valence-electron chi connectivity index (χ0n) is 18.1. The molecule has 0 bridgehead atoms. The Balaban J connectivity index is 1.96. The first-order chi connectivity index (χ1) is 15.0. The van der Waals surface area contributed by atoms with Gasteiger partial charge in [0.05, 0.1) is 18.4 Å². The fraction of sp³-hybridized carbons (Fsp3) is 0.360. The van der Waals surface area contributed by atoms with E-state index in [9.17, 15) is 22.8 Å². The van der Waals surface area contributed by atoms with Gasteiger partial charge >= 0.3 is 6.18 Å². The average Bonchev–Trinajstić information content (AvgIpc) is 2.71. The number of anilines is 1. The Morgan fingerprint density at radius 2 is 1.66 bits per heavy atom. The molecule has 2 aliphatic rings. The van der Waals surface area contributed by atoms with E-state index in [2.05, 4.69) is 0 Å². The number of allylic oxidation sites excluding steroid dienone is 2. The fourth-order valence-electron chi connectivity index (χ4n) is 4.82. The molecule has 168 valence electrons. The molecule has 0 saturated heterocycles.